The van der Waals surface area contributed by atoms with Gasteiger partial charge in [0.05, 0.1) is 5.69 Å². The van der Waals surface area contributed by atoms with E-state index in [0.717, 1.165) is 50.1 Å². The second-order valence-corrected chi connectivity index (χ2v) is 7.60. The highest BCUT2D eigenvalue weighted by Gasteiger charge is 2.33. The van der Waals surface area contributed by atoms with Crippen LogP contribution in [0.2, 0.25) is 0 Å². The van der Waals surface area contributed by atoms with Gasteiger partial charge in [0, 0.05) is 44.8 Å². The van der Waals surface area contributed by atoms with E-state index in [4.69, 9.17) is 9.26 Å². The monoisotopic (exact) mass is 364 g/mol. The Labute approximate surface area is 158 Å². The van der Waals surface area contributed by atoms with E-state index in [0.29, 0.717) is 11.3 Å². The number of ether oxygens (including phenoxy) is 1. The van der Waals surface area contributed by atoms with Gasteiger partial charge < -0.3 is 19.9 Å². The molecule has 6 heteroatoms. The van der Waals surface area contributed by atoms with Gasteiger partial charge in [-0.2, -0.15) is 0 Å². The van der Waals surface area contributed by atoms with E-state index in [9.17, 15) is 0 Å². The summed E-state index contributed by atoms with van der Waals surface area (Å²) in [6.45, 7) is 11.6. The van der Waals surface area contributed by atoms with Crippen LogP contribution in [0.25, 0.3) is 0 Å². The van der Waals surface area contributed by atoms with E-state index in [1.165, 1.54) is 31.2 Å². The maximum absolute atomic E-state index is 5.61. The van der Waals surface area contributed by atoms with Crippen LogP contribution in [0.4, 0.5) is 0 Å². The van der Waals surface area contributed by atoms with Crippen LogP contribution in [0, 0.1) is 19.3 Å². The van der Waals surface area contributed by atoms with E-state index in [1.54, 1.807) is 0 Å². The Kier molecular flexibility index (Phi) is 7.94. The molecule has 0 spiro atoms. The Morgan fingerprint density at radius 2 is 2.04 bits per heavy atom. The average molecular weight is 365 g/mol. The molecule has 0 saturated heterocycles. The third kappa shape index (κ3) is 5.47. The maximum atomic E-state index is 5.61. The Morgan fingerprint density at radius 3 is 2.62 bits per heavy atom. The largest absolute Gasteiger partial charge is 0.382 e. The summed E-state index contributed by atoms with van der Waals surface area (Å²) in [4.78, 5) is 4.40. The first kappa shape index (κ1) is 20.7. The van der Waals surface area contributed by atoms with Gasteiger partial charge in [0.15, 0.2) is 5.96 Å². The number of rotatable bonds is 9. The first-order valence-electron chi connectivity index (χ1n) is 9.96. The molecule has 2 rings (SSSR count). The molecule has 0 aliphatic heterocycles. The third-order valence-corrected chi connectivity index (χ3v) is 5.66. The number of hydrogen-bond acceptors (Lipinski definition) is 4. The van der Waals surface area contributed by atoms with E-state index in [2.05, 4.69) is 34.6 Å². The molecule has 0 radical (unpaired) electrons. The van der Waals surface area contributed by atoms with Gasteiger partial charge in [0.1, 0.15) is 5.76 Å². The van der Waals surface area contributed by atoms with Gasteiger partial charge in [-0.15, -0.1) is 0 Å². The number of aliphatic imine (C=N–C) groups is 1. The van der Waals surface area contributed by atoms with Crippen molar-refractivity contribution in [2.45, 2.75) is 65.7 Å². The van der Waals surface area contributed by atoms with Gasteiger partial charge in [-0.25, -0.2) is 0 Å². The molecular weight excluding hydrogens is 328 g/mol. The predicted octanol–water partition coefficient (Wildman–Crippen LogP) is 3.55. The van der Waals surface area contributed by atoms with Crippen molar-refractivity contribution in [2.75, 3.05) is 33.4 Å². The van der Waals surface area contributed by atoms with E-state index in [-0.39, 0.29) is 0 Å². The topological polar surface area (TPSA) is 71.7 Å². The van der Waals surface area contributed by atoms with Gasteiger partial charge in [-0.1, -0.05) is 24.9 Å². The fourth-order valence-electron chi connectivity index (χ4n) is 4.11. The van der Waals surface area contributed by atoms with Crippen molar-refractivity contribution in [1.82, 2.24) is 15.8 Å². The van der Waals surface area contributed by atoms with Crippen LogP contribution in [0.1, 0.15) is 68.9 Å². The minimum Gasteiger partial charge on any atom is -0.382 e. The van der Waals surface area contributed by atoms with E-state index < -0.39 is 0 Å². The first-order valence-corrected chi connectivity index (χ1v) is 9.96. The molecule has 1 aliphatic carbocycles. The van der Waals surface area contributed by atoms with Crippen LogP contribution in [0.5, 0.6) is 0 Å². The molecule has 1 heterocycles. The van der Waals surface area contributed by atoms with E-state index >= 15 is 0 Å². The predicted molar refractivity (Wildman–Crippen MR) is 106 cm³/mol. The summed E-state index contributed by atoms with van der Waals surface area (Å²) >= 11 is 0. The van der Waals surface area contributed by atoms with Crippen LogP contribution in [0.15, 0.2) is 9.52 Å². The number of aromatic nitrogens is 1. The molecule has 1 unspecified atom stereocenters. The molecule has 1 atom stereocenters. The lowest BCUT2D eigenvalue weighted by Crippen LogP contribution is -2.44. The summed E-state index contributed by atoms with van der Waals surface area (Å²) < 4.78 is 10.9. The van der Waals surface area contributed by atoms with Crippen molar-refractivity contribution in [1.29, 1.82) is 0 Å². The van der Waals surface area contributed by atoms with Gasteiger partial charge in [0.2, 0.25) is 0 Å². The Morgan fingerprint density at radius 1 is 1.31 bits per heavy atom. The molecule has 2 N–H and O–H groups in total. The van der Waals surface area contributed by atoms with Gasteiger partial charge in [0.25, 0.3) is 0 Å². The van der Waals surface area contributed by atoms with Crippen LogP contribution >= 0.6 is 0 Å². The molecule has 1 aliphatic rings. The summed E-state index contributed by atoms with van der Waals surface area (Å²) in [5.41, 5.74) is 2.51. The summed E-state index contributed by atoms with van der Waals surface area (Å²) in [5.74, 6) is 2.09. The van der Waals surface area contributed by atoms with Crippen LogP contribution in [-0.4, -0.2) is 44.5 Å². The molecule has 1 fully saturated rings. The fourth-order valence-corrected chi connectivity index (χ4v) is 4.11. The standard InChI is InChI=1S/C20H36N4O2/c1-6-25-12-11-20(9-7-8-10-20)14-23-19(21-5)22-13-15(2)18-16(3)24-26-17(18)4/h15H,6-14H2,1-5H3,(H2,21,22,23). The Balaban J connectivity index is 1.85. The van der Waals surface area contributed by atoms with Crippen LogP contribution < -0.4 is 10.6 Å². The minimum atomic E-state index is 0.318. The Hall–Kier alpha value is -1.56. The Bertz CT molecular complexity index is 557. The van der Waals surface area contributed by atoms with Gasteiger partial charge >= 0.3 is 0 Å². The van der Waals surface area contributed by atoms with Crippen molar-refractivity contribution in [3.05, 3.63) is 17.0 Å². The summed E-state index contributed by atoms with van der Waals surface area (Å²) in [7, 11) is 1.83. The molecule has 0 amide bonds. The highest BCUT2D eigenvalue weighted by Crippen LogP contribution is 2.40. The zero-order valence-electron chi connectivity index (χ0n) is 17.2. The summed E-state index contributed by atoms with van der Waals surface area (Å²) in [5, 5.41) is 11.1. The molecule has 1 aromatic rings. The lowest BCUT2D eigenvalue weighted by Gasteiger charge is -2.30. The molecule has 0 aromatic carbocycles. The quantitative estimate of drug-likeness (QED) is 0.398. The van der Waals surface area contributed by atoms with Crippen molar-refractivity contribution < 1.29 is 9.26 Å². The number of aryl methyl sites for hydroxylation is 2. The molecule has 6 nitrogen and oxygen atoms in total. The fraction of sp³-hybridized carbons (Fsp3) is 0.800. The minimum absolute atomic E-state index is 0.318. The first-order chi connectivity index (χ1) is 12.5. The van der Waals surface area contributed by atoms with Crippen molar-refractivity contribution in [3.63, 3.8) is 0 Å². The molecule has 1 aromatic heterocycles. The maximum Gasteiger partial charge on any atom is 0.191 e. The highest BCUT2D eigenvalue weighted by atomic mass is 16.5. The number of nitrogens with zero attached hydrogens (tertiary/aromatic N) is 2. The average Bonchev–Trinajstić information content (AvgIpc) is 3.22. The second kappa shape index (κ2) is 9.95. The zero-order chi connectivity index (χ0) is 19.0. The zero-order valence-corrected chi connectivity index (χ0v) is 17.2. The molecule has 1 saturated carbocycles. The highest BCUT2D eigenvalue weighted by molar-refractivity contribution is 5.79. The summed E-state index contributed by atoms with van der Waals surface area (Å²) in [6.07, 6.45) is 6.32. The molecular formula is C20H36N4O2. The number of guanidine groups is 1. The number of nitrogens with one attached hydrogen (secondary N) is 2. The molecule has 26 heavy (non-hydrogen) atoms. The van der Waals surface area contributed by atoms with Crippen molar-refractivity contribution >= 4 is 5.96 Å². The normalized spacial score (nSPS) is 18.1. The lowest BCUT2D eigenvalue weighted by molar-refractivity contribution is 0.105. The van der Waals surface area contributed by atoms with E-state index in [1.807, 2.05) is 20.9 Å². The van der Waals surface area contributed by atoms with Gasteiger partial charge in [-0.3, -0.25) is 4.99 Å². The second-order valence-electron chi connectivity index (χ2n) is 7.60. The summed E-state index contributed by atoms with van der Waals surface area (Å²) in [6, 6.07) is 0. The van der Waals surface area contributed by atoms with Crippen molar-refractivity contribution in [2.24, 2.45) is 10.4 Å². The van der Waals surface area contributed by atoms with Crippen LogP contribution in [0.3, 0.4) is 0 Å². The third-order valence-electron chi connectivity index (χ3n) is 5.66. The molecule has 148 valence electrons. The molecule has 0 bridgehead atoms. The lowest BCUT2D eigenvalue weighted by atomic mass is 9.83. The van der Waals surface area contributed by atoms with Gasteiger partial charge in [-0.05, 0) is 45.4 Å². The smallest absolute Gasteiger partial charge is 0.191 e. The van der Waals surface area contributed by atoms with Crippen LogP contribution in [-0.2, 0) is 4.74 Å². The van der Waals surface area contributed by atoms with Crippen molar-refractivity contribution in [3.8, 4) is 0 Å². The SMILES string of the molecule is CCOCCC1(CNC(=NC)NCC(C)c2c(C)noc2C)CCCC1. The number of hydrogen-bond donors (Lipinski definition) is 2.